The van der Waals surface area contributed by atoms with E-state index in [1.807, 2.05) is 4.90 Å². The molecule has 3 heterocycles. The number of aromatic carboxylic acids is 1. The van der Waals surface area contributed by atoms with Crippen LogP contribution in [0.3, 0.4) is 0 Å². The van der Waals surface area contributed by atoms with E-state index in [1.54, 1.807) is 11.8 Å². The van der Waals surface area contributed by atoms with Crippen LogP contribution >= 0.6 is 0 Å². The van der Waals surface area contributed by atoms with E-state index < -0.39 is 5.97 Å². The lowest BCUT2D eigenvalue weighted by Gasteiger charge is -2.34. The molecule has 0 spiro atoms. The number of likely N-dealkylation sites (tertiary alicyclic amines) is 2. The maximum absolute atomic E-state index is 12.5. The average Bonchev–Trinajstić information content (AvgIpc) is 3.29. The Hall–Kier alpha value is -2.51. The van der Waals surface area contributed by atoms with Gasteiger partial charge < -0.3 is 24.6 Å². The summed E-state index contributed by atoms with van der Waals surface area (Å²) in [5.74, 6) is -0.691. The third kappa shape index (κ3) is 4.00. The van der Waals surface area contributed by atoms with Gasteiger partial charge in [0.1, 0.15) is 17.1 Å². The van der Waals surface area contributed by atoms with Crippen molar-refractivity contribution in [3.05, 3.63) is 23.2 Å². The number of hydrogen-bond donors (Lipinski definition) is 2. The number of carboxylic acids is 1. The summed E-state index contributed by atoms with van der Waals surface area (Å²) in [5.41, 5.74) is 0.106. The van der Waals surface area contributed by atoms with Gasteiger partial charge >= 0.3 is 12.0 Å². The SMILES string of the molecule is Cc1oc(CNC(=O)C2CCCN(C(=O)N3CCCC3)C2)cc1C(=O)O. The van der Waals surface area contributed by atoms with Crippen LogP contribution in [0, 0.1) is 12.8 Å². The summed E-state index contributed by atoms with van der Waals surface area (Å²) >= 11 is 0. The summed E-state index contributed by atoms with van der Waals surface area (Å²) in [6.45, 7) is 4.45. The molecule has 8 heteroatoms. The Morgan fingerprint density at radius 3 is 2.54 bits per heavy atom. The number of aryl methyl sites for hydroxylation is 1. The quantitative estimate of drug-likeness (QED) is 0.849. The lowest BCUT2D eigenvalue weighted by atomic mass is 9.97. The molecule has 0 aliphatic carbocycles. The van der Waals surface area contributed by atoms with Crippen LogP contribution < -0.4 is 5.32 Å². The zero-order valence-corrected chi connectivity index (χ0v) is 15.0. The molecule has 1 unspecified atom stereocenters. The summed E-state index contributed by atoms with van der Waals surface area (Å²) in [7, 11) is 0. The molecule has 1 aromatic heterocycles. The van der Waals surface area contributed by atoms with Crippen molar-refractivity contribution >= 4 is 17.9 Å². The van der Waals surface area contributed by atoms with Gasteiger partial charge in [-0.25, -0.2) is 9.59 Å². The molecule has 0 bridgehead atoms. The molecular formula is C18H25N3O5. The van der Waals surface area contributed by atoms with E-state index in [-0.39, 0.29) is 30.0 Å². The Morgan fingerprint density at radius 1 is 1.19 bits per heavy atom. The molecule has 8 nitrogen and oxygen atoms in total. The van der Waals surface area contributed by atoms with Gasteiger partial charge in [0.15, 0.2) is 0 Å². The Balaban J connectivity index is 1.53. The van der Waals surface area contributed by atoms with Gasteiger partial charge in [0, 0.05) is 26.2 Å². The number of rotatable bonds is 4. The number of nitrogens with one attached hydrogen (secondary N) is 1. The van der Waals surface area contributed by atoms with Crippen molar-refractivity contribution < 1.29 is 23.9 Å². The topological polar surface area (TPSA) is 103 Å². The maximum atomic E-state index is 12.5. The number of nitrogens with zero attached hydrogens (tertiary/aromatic N) is 2. The Bertz CT molecular complexity index is 693. The molecule has 2 saturated heterocycles. The molecule has 1 aromatic rings. The van der Waals surface area contributed by atoms with Crippen molar-refractivity contribution in [2.24, 2.45) is 5.92 Å². The third-order valence-electron chi connectivity index (χ3n) is 5.08. The standard InChI is InChI=1S/C18H25N3O5/c1-12-15(17(23)24)9-14(26-12)10-19-16(22)13-5-4-8-21(11-13)18(25)20-6-2-3-7-20/h9,13H,2-8,10-11H2,1H3,(H,19,22)(H,23,24). The van der Waals surface area contributed by atoms with Crippen molar-refractivity contribution in [1.82, 2.24) is 15.1 Å². The van der Waals surface area contributed by atoms with Crippen LogP contribution in [0.2, 0.25) is 0 Å². The van der Waals surface area contributed by atoms with Crippen LogP contribution in [0.1, 0.15) is 47.6 Å². The van der Waals surface area contributed by atoms with Crippen molar-refractivity contribution in [1.29, 1.82) is 0 Å². The van der Waals surface area contributed by atoms with E-state index in [0.29, 0.717) is 24.6 Å². The second-order valence-corrected chi connectivity index (χ2v) is 6.97. The van der Waals surface area contributed by atoms with E-state index >= 15 is 0 Å². The maximum Gasteiger partial charge on any atom is 0.339 e. The first-order valence-electron chi connectivity index (χ1n) is 9.10. The van der Waals surface area contributed by atoms with E-state index in [4.69, 9.17) is 9.52 Å². The summed E-state index contributed by atoms with van der Waals surface area (Å²) < 4.78 is 5.37. The first-order chi connectivity index (χ1) is 12.5. The molecule has 2 N–H and O–H groups in total. The largest absolute Gasteiger partial charge is 0.478 e. The normalized spacial score (nSPS) is 20.3. The number of amides is 3. The molecule has 3 rings (SSSR count). The predicted molar refractivity (Wildman–Crippen MR) is 92.8 cm³/mol. The Kier molecular flexibility index (Phi) is 5.49. The lowest BCUT2D eigenvalue weighted by molar-refractivity contribution is -0.126. The van der Waals surface area contributed by atoms with Gasteiger partial charge in [-0.1, -0.05) is 0 Å². The number of carboxylic acid groups (broad SMARTS) is 1. The fraction of sp³-hybridized carbons (Fsp3) is 0.611. The van der Waals surface area contributed by atoms with Crippen molar-refractivity contribution in [3.63, 3.8) is 0 Å². The molecular weight excluding hydrogens is 338 g/mol. The number of piperidine rings is 1. The molecule has 2 aliphatic rings. The minimum atomic E-state index is -1.05. The monoisotopic (exact) mass is 363 g/mol. The summed E-state index contributed by atoms with van der Waals surface area (Å²) in [6.07, 6.45) is 3.64. The highest BCUT2D eigenvalue weighted by molar-refractivity contribution is 5.88. The summed E-state index contributed by atoms with van der Waals surface area (Å²) in [4.78, 5) is 39.6. The minimum Gasteiger partial charge on any atom is -0.478 e. The van der Waals surface area contributed by atoms with Gasteiger partial charge in [0.2, 0.25) is 5.91 Å². The predicted octanol–water partition coefficient (Wildman–Crippen LogP) is 1.83. The summed E-state index contributed by atoms with van der Waals surface area (Å²) in [6, 6.07) is 1.47. The molecule has 2 fully saturated rings. The molecule has 26 heavy (non-hydrogen) atoms. The van der Waals surface area contributed by atoms with E-state index in [0.717, 1.165) is 38.8 Å². The fourth-order valence-corrected chi connectivity index (χ4v) is 3.64. The number of hydrogen-bond acceptors (Lipinski definition) is 4. The van der Waals surface area contributed by atoms with Crippen LogP contribution in [0.25, 0.3) is 0 Å². The van der Waals surface area contributed by atoms with Crippen molar-refractivity contribution in [2.75, 3.05) is 26.2 Å². The molecule has 1 atom stereocenters. The number of carbonyl (C=O) groups is 3. The Labute approximate surface area is 152 Å². The van der Waals surface area contributed by atoms with E-state index in [1.165, 1.54) is 6.07 Å². The highest BCUT2D eigenvalue weighted by Gasteiger charge is 2.31. The second-order valence-electron chi connectivity index (χ2n) is 6.97. The smallest absolute Gasteiger partial charge is 0.339 e. The van der Waals surface area contributed by atoms with Gasteiger partial charge in [0.25, 0.3) is 0 Å². The Morgan fingerprint density at radius 2 is 1.88 bits per heavy atom. The van der Waals surface area contributed by atoms with Gasteiger partial charge in [-0.3, -0.25) is 4.79 Å². The third-order valence-corrected chi connectivity index (χ3v) is 5.08. The number of carbonyl (C=O) groups excluding carboxylic acids is 2. The van der Waals surface area contributed by atoms with Gasteiger partial charge in [-0.2, -0.15) is 0 Å². The zero-order valence-electron chi connectivity index (χ0n) is 15.0. The van der Waals surface area contributed by atoms with Crippen molar-refractivity contribution in [2.45, 2.75) is 39.2 Å². The van der Waals surface area contributed by atoms with Crippen LogP contribution in [-0.4, -0.2) is 59.0 Å². The lowest BCUT2D eigenvalue weighted by Crippen LogP contribution is -2.49. The molecule has 2 aliphatic heterocycles. The minimum absolute atomic E-state index is 0.0350. The van der Waals surface area contributed by atoms with Crippen LogP contribution in [0.4, 0.5) is 4.79 Å². The molecule has 0 saturated carbocycles. The molecule has 0 aromatic carbocycles. The van der Waals surface area contributed by atoms with Crippen molar-refractivity contribution in [3.8, 4) is 0 Å². The highest BCUT2D eigenvalue weighted by atomic mass is 16.4. The zero-order chi connectivity index (χ0) is 18.7. The van der Waals surface area contributed by atoms with Gasteiger partial charge in [0.05, 0.1) is 12.5 Å². The highest BCUT2D eigenvalue weighted by Crippen LogP contribution is 2.20. The first kappa shape index (κ1) is 18.3. The molecule has 0 radical (unpaired) electrons. The fourth-order valence-electron chi connectivity index (χ4n) is 3.64. The average molecular weight is 363 g/mol. The van der Waals surface area contributed by atoms with Crippen LogP contribution in [0.15, 0.2) is 10.5 Å². The van der Waals surface area contributed by atoms with E-state index in [9.17, 15) is 14.4 Å². The van der Waals surface area contributed by atoms with Gasteiger partial charge in [-0.05, 0) is 38.7 Å². The molecule has 3 amide bonds. The first-order valence-corrected chi connectivity index (χ1v) is 9.10. The van der Waals surface area contributed by atoms with Crippen LogP contribution in [0.5, 0.6) is 0 Å². The van der Waals surface area contributed by atoms with Crippen LogP contribution in [-0.2, 0) is 11.3 Å². The van der Waals surface area contributed by atoms with E-state index in [2.05, 4.69) is 5.32 Å². The van der Waals surface area contributed by atoms with Gasteiger partial charge in [-0.15, -0.1) is 0 Å². The number of urea groups is 1. The molecule has 142 valence electrons. The number of furan rings is 1. The second kappa shape index (κ2) is 7.80. The summed E-state index contributed by atoms with van der Waals surface area (Å²) in [5, 5.41) is 11.8.